The maximum absolute atomic E-state index is 6.09. The Kier molecular flexibility index (Phi) is 5.61. The van der Waals surface area contributed by atoms with Gasteiger partial charge in [-0.15, -0.1) is 0 Å². The first-order valence-electron chi connectivity index (χ1n) is 6.99. The summed E-state index contributed by atoms with van der Waals surface area (Å²) in [6, 6.07) is 5.41. The number of benzene rings is 1. The lowest BCUT2D eigenvalue weighted by atomic mass is 10.0. The Morgan fingerprint density at radius 1 is 1.48 bits per heavy atom. The van der Waals surface area contributed by atoms with Crippen molar-refractivity contribution in [3.63, 3.8) is 0 Å². The maximum atomic E-state index is 6.09. The first-order chi connectivity index (χ1) is 10.2. The molecule has 0 amide bonds. The number of nitrogens with one attached hydrogen (secondary N) is 1. The molecular formula is C15H21ClN4O. The zero-order chi connectivity index (χ0) is 15.2. The molecule has 0 bridgehead atoms. The number of hydrogen-bond donors (Lipinski definition) is 2. The summed E-state index contributed by atoms with van der Waals surface area (Å²) in [6.45, 7) is 3.09. The van der Waals surface area contributed by atoms with E-state index in [1.165, 1.54) is 0 Å². The molecule has 1 heterocycles. The number of imidazole rings is 1. The van der Waals surface area contributed by atoms with Gasteiger partial charge in [0.2, 0.25) is 0 Å². The molecule has 0 aliphatic carbocycles. The van der Waals surface area contributed by atoms with Gasteiger partial charge in [-0.25, -0.2) is 4.98 Å². The van der Waals surface area contributed by atoms with Crippen molar-refractivity contribution in [3.05, 3.63) is 47.0 Å². The van der Waals surface area contributed by atoms with Crippen molar-refractivity contribution in [2.75, 3.05) is 7.11 Å². The average molecular weight is 309 g/mol. The Bertz CT molecular complexity index is 585. The van der Waals surface area contributed by atoms with Gasteiger partial charge in [0.1, 0.15) is 11.6 Å². The van der Waals surface area contributed by atoms with Crippen LogP contribution in [0, 0.1) is 0 Å². The molecule has 1 atom stereocenters. The lowest BCUT2D eigenvalue weighted by Gasteiger charge is -2.19. The lowest BCUT2D eigenvalue weighted by Crippen LogP contribution is -2.30. The molecule has 0 radical (unpaired) electrons. The molecule has 0 aliphatic rings. The van der Waals surface area contributed by atoms with Crippen LogP contribution >= 0.6 is 11.6 Å². The van der Waals surface area contributed by atoms with Gasteiger partial charge in [0.05, 0.1) is 13.2 Å². The molecule has 0 aliphatic heterocycles. The highest BCUT2D eigenvalue weighted by molar-refractivity contribution is 6.30. The molecule has 0 spiro atoms. The molecule has 2 rings (SSSR count). The fourth-order valence-electron chi connectivity index (χ4n) is 2.39. The molecule has 5 nitrogen and oxygen atoms in total. The van der Waals surface area contributed by atoms with Crippen molar-refractivity contribution < 1.29 is 4.74 Å². The molecule has 3 N–H and O–H groups in total. The summed E-state index contributed by atoms with van der Waals surface area (Å²) < 4.78 is 7.54. The number of methoxy groups -OCH3 is 1. The molecule has 21 heavy (non-hydrogen) atoms. The zero-order valence-electron chi connectivity index (χ0n) is 12.3. The second kappa shape index (κ2) is 7.45. The number of aryl methyl sites for hydroxylation is 1. The van der Waals surface area contributed by atoms with E-state index in [1.807, 2.05) is 24.5 Å². The monoisotopic (exact) mass is 308 g/mol. The summed E-state index contributed by atoms with van der Waals surface area (Å²) in [6.07, 6.45) is 5.53. The Hall–Kier alpha value is -1.56. The van der Waals surface area contributed by atoms with E-state index in [2.05, 4.69) is 21.9 Å². The third-order valence-electron chi connectivity index (χ3n) is 3.42. The van der Waals surface area contributed by atoms with Gasteiger partial charge in [-0.3, -0.25) is 11.3 Å². The second-order valence-electron chi connectivity index (χ2n) is 4.85. The van der Waals surface area contributed by atoms with Crippen LogP contribution in [-0.2, 0) is 13.0 Å². The molecular weight excluding hydrogens is 288 g/mol. The van der Waals surface area contributed by atoms with Gasteiger partial charge in [0.25, 0.3) is 0 Å². The summed E-state index contributed by atoms with van der Waals surface area (Å²) in [4.78, 5) is 4.42. The quantitative estimate of drug-likeness (QED) is 0.610. The molecule has 0 saturated carbocycles. The average Bonchev–Trinajstić information content (AvgIpc) is 2.92. The van der Waals surface area contributed by atoms with Crippen LogP contribution in [0.2, 0.25) is 5.02 Å². The van der Waals surface area contributed by atoms with Crippen LogP contribution in [0.1, 0.15) is 30.8 Å². The van der Waals surface area contributed by atoms with E-state index in [0.29, 0.717) is 11.4 Å². The number of aromatic nitrogens is 2. The minimum absolute atomic E-state index is 0.114. The van der Waals surface area contributed by atoms with E-state index in [0.717, 1.165) is 30.1 Å². The summed E-state index contributed by atoms with van der Waals surface area (Å²) in [7, 11) is 1.64. The fourth-order valence-corrected chi connectivity index (χ4v) is 2.57. The molecule has 6 heteroatoms. The van der Waals surface area contributed by atoms with Gasteiger partial charge >= 0.3 is 0 Å². The predicted molar refractivity (Wildman–Crippen MR) is 84.3 cm³/mol. The van der Waals surface area contributed by atoms with Gasteiger partial charge in [0.15, 0.2) is 0 Å². The standard InChI is InChI=1S/C15H21ClN4O/c1-3-7-20-8-6-18-15(20)10-13(19-17)12-9-11(16)4-5-14(12)21-2/h4-6,8-9,13,19H,3,7,10,17H2,1-2H3. The van der Waals surface area contributed by atoms with Crippen molar-refractivity contribution in [2.45, 2.75) is 32.4 Å². The van der Waals surface area contributed by atoms with Gasteiger partial charge in [-0.2, -0.15) is 0 Å². The Morgan fingerprint density at radius 2 is 2.29 bits per heavy atom. The number of hydrazine groups is 1. The summed E-state index contributed by atoms with van der Waals surface area (Å²) in [5, 5.41) is 0.656. The Labute approximate surface area is 130 Å². The number of halogens is 1. The zero-order valence-corrected chi connectivity index (χ0v) is 13.1. The highest BCUT2D eigenvalue weighted by Gasteiger charge is 2.18. The van der Waals surface area contributed by atoms with E-state index in [4.69, 9.17) is 22.2 Å². The van der Waals surface area contributed by atoms with Crippen molar-refractivity contribution in [3.8, 4) is 5.75 Å². The number of hydrogen-bond acceptors (Lipinski definition) is 4. The Morgan fingerprint density at radius 3 is 2.95 bits per heavy atom. The van der Waals surface area contributed by atoms with E-state index in [9.17, 15) is 0 Å². The number of ether oxygens (including phenoxy) is 1. The van der Waals surface area contributed by atoms with Crippen LogP contribution in [0.15, 0.2) is 30.6 Å². The van der Waals surface area contributed by atoms with Gasteiger partial charge in [-0.1, -0.05) is 18.5 Å². The van der Waals surface area contributed by atoms with Crippen LogP contribution in [0.25, 0.3) is 0 Å². The number of rotatable bonds is 7. The molecule has 0 fully saturated rings. The largest absolute Gasteiger partial charge is 0.496 e. The molecule has 1 unspecified atom stereocenters. The molecule has 1 aromatic carbocycles. The fraction of sp³-hybridized carbons (Fsp3) is 0.400. The number of nitrogens with zero attached hydrogens (tertiary/aromatic N) is 2. The lowest BCUT2D eigenvalue weighted by molar-refractivity contribution is 0.397. The SMILES string of the molecule is CCCn1ccnc1CC(NN)c1cc(Cl)ccc1OC. The van der Waals surface area contributed by atoms with Crippen molar-refractivity contribution in [2.24, 2.45) is 5.84 Å². The number of nitrogens with two attached hydrogens (primary N) is 1. The highest BCUT2D eigenvalue weighted by Crippen LogP contribution is 2.29. The van der Waals surface area contributed by atoms with Crippen LogP contribution in [0.5, 0.6) is 5.75 Å². The van der Waals surface area contributed by atoms with Crippen molar-refractivity contribution in [1.29, 1.82) is 0 Å². The second-order valence-corrected chi connectivity index (χ2v) is 5.28. The van der Waals surface area contributed by atoms with E-state index in [1.54, 1.807) is 13.2 Å². The summed E-state index contributed by atoms with van der Waals surface area (Å²) in [5.41, 5.74) is 3.77. The van der Waals surface area contributed by atoms with Crippen molar-refractivity contribution in [1.82, 2.24) is 15.0 Å². The first-order valence-corrected chi connectivity index (χ1v) is 7.37. The van der Waals surface area contributed by atoms with Gasteiger partial charge < -0.3 is 9.30 Å². The van der Waals surface area contributed by atoms with Crippen LogP contribution < -0.4 is 16.0 Å². The van der Waals surface area contributed by atoms with E-state index in [-0.39, 0.29) is 6.04 Å². The smallest absolute Gasteiger partial charge is 0.123 e. The van der Waals surface area contributed by atoms with Crippen LogP contribution in [0.4, 0.5) is 0 Å². The predicted octanol–water partition coefficient (Wildman–Crippen LogP) is 2.70. The van der Waals surface area contributed by atoms with Crippen molar-refractivity contribution >= 4 is 11.6 Å². The highest BCUT2D eigenvalue weighted by atomic mass is 35.5. The minimum Gasteiger partial charge on any atom is -0.496 e. The maximum Gasteiger partial charge on any atom is 0.123 e. The molecule has 0 saturated heterocycles. The van der Waals surface area contributed by atoms with Crippen LogP contribution in [0.3, 0.4) is 0 Å². The molecule has 2 aromatic rings. The third kappa shape index (κ3) is 3.75. The Balaban J connectivity index is 2.27. The third-order valence-corrected chi connectivity index (χ3v) is 3.66. The molecule has 114 valence electrons. The van der Waals surface area contributed by atoms with E-state index >= 15 is 0 Å². The summed E-state index contributed by atoms with van der Waals surface area (Å²) in [5.74, 6) is 7.48. The topological polar surface area (TPSA) is 65.1 Å². The van der Waals surface area contributed by atoms with Gasteiger partial charge in [0, 0.05) is 35.9 Å². The summed E-state index contributed by atoms with van der Waals surface area (Å²) >= 11 is 6.09. The van der Waals surface area contributed by atoms with Gasteiger partial charge in [-0.05, 0) is 24.6 Å². The normalized spacial score (nSPS) is 12.4. The minimum atomic E-state index is -0.114. The van der Waals surface area contributed by atoms with Crippen LogP contribution in [-0.4, -0.2) is 16.7 Å². The van der Waals surface area contributed by atoms with E-state index < -0.39 is 0 Å². The first kappa shape index (κ1) is 15.8. The molecule has 1 aromatic heterocycles.